The van der Waals surface area contributed by atoms with Gasteiger partial charge >= 0.3 is 0 Å². The maximum atomic E-state index is 12.4. The molecule has 4 rings (SSSR count). The topological polar surface area (TPSA) is 45.7 Å². The third-order valence-corrected chi connectivity index (χ3v) is 5.22. The van der Waals surface area contributed by atoms with Crippen LogP contribution in [0.3, 0.4) is 0 Å². The van der Waals surface area contributed by atoms with Crippen molar-refractivity contribution < 1.29 is 9.53 Å². The van der Waals surface area contributed by atoms with Gasteiger partial charge in [-0.2, -0.15) is 0 Å². The molecule has 1 aromatic rings. The minimum absolute atomic E-state index is 0.177. The number of rotatable bonds is 5. The molecule has 3 heterocycles. The Kier molecular flexibility index (Phi) is 3.62. The van der Waals surface area contributed by atoms with Crippen LogP contribution < -0.4 is 0 Å². The maximum absolute atomic E-state index is 12.4. The minimum Gasteiger partial charge on any atom is -0.368 e. The number of likely N-dealkylation sites (N-methyl/N-ethyl adjacent to an activating group) is 1. The fraction of sp³-hybridized carbons (Fsp3) is 0.647. The molecule has 0 radical (unpaired) electrons. The minimum atomic E-state index is -0.227. The third-order valence-electron chi connectivity index (χ3n) is 5.22. The van der Waals surface area contributed by atoms with Gasteiger partial charge in [0.2, 0.25) is 0 Å². The zero-order valence-corrected chi connectivity index (χ0v) is 13.0. The first-order chi connectivity index (χ1) is 10.7. The molecule has 0 aromatic carbocycles. The first-order valence-electron chi connectivity index (χ1n) is 8.22. The molecule has 5 nitrogen and oxygen atoms in total. The van der Waals surface area contributed by atoms with E-state index in [0.29, 0.717) is 17.9 Å². The van der Waals surface area contributed by atoms with E-state index in [-0.39, 0.29) is 12.0 Å². The summed E-state index contributed by atoms with van der Waals surface area (Å²) in [6.45, 7) is 3.53. The molecule has 2 aliphatic heterocycles. The Labute approximate surface area is 131 Å². The Hall–Kier alpha value is -1.46. The lowest BCUT2D eigenvalue weighted by atomic mass is 10.0. The summed E-state index contributed by atoms with van der Waals surface area (Å²) < 4.78 is 5.99. The van der Waals surface area contributed by atoms with E-state index in [1.165, 1.54) is 18.4 Å². The number of carbonyl (C=O) groups excluding carboxylic acids is 1. The van der Waals surface area contributed by atoms with Crippen molar-refractivity contribution in [2.45, 2.75) is 31.5 Å². The highest BCUT2D eigenvalue weighted by atomic mass is 16.5. The summed E-state index contributed by atoms with van der Waals surface area (Å²) in [6.07, 6.45) is 6.02. The van der Waals surface area contributed by atoms with Gasteiger partial charge in [-0.05, 0) is 30.4 Å². The van der Waals surface area contributed by atoms with Crippen LogP contribution in [0.5, 0.6) is 0 Å². The number of nitrogens with zero attached hydrogens (tertiary/aromatic N) is 3. The van der Waals surface area contributed by atoms with Gasteiger partial charge in [0.05, 0.1) is 12.6 Å². The molecule has 1 amide bonds. The Morgan fingerprint density at radius 2 is 2.23 bits per heavy atom. The van der Waals surface area contributed by atoms with Gasteiger partial charge in [0.25, 0.3) is 5.91 Å². The average Bonchev–Trinajstić information content (AvgIpc) is 3.23. The Balaban J connectivity index is 1.41. The van der Waals surface area contributed by atoms with E-state index >= 15 is 0 Å². The second-order valence-corrected chi connectivity index (χ2v) is 6.93. The number of hydrogen-bond donors (Lipinski definition) is 0. The van der Waals surface area contributed by atoms with Crippen molar-refractivity contribution in [1.82, 2.24) is 14.8 Å². The van der Waals surface area contributed by atoms with Crippen LogP contribution in [0.1, 0.15) is 18.4 Å². The molecule has 1 saturated carbocycles. The van der Waals surface area contributed by atoms with Crippen LogP contribution in [-0.2, 0) is 16.1 Å². The number of pyridine rings is 1. The molecule has 0 spiro atoms. The third kappa shape index (κ3) is 2.63. The fourth-order valence-electron chi connectivity index (χ4n) is 3.75. The molecule has 22 heavy (non-hydrogen) atoms. The molecule has 3 aliphatic rings. The summed E-state index contributed by atoms with van der Waals surface area (Å²) in [5.74, 6) is 1.19. The van der Waals surface area contributed by atoms with E-state index in [1.54, 1.807) is 6.20 Å². The predicted molar refractivity (Wildman–Crippen MR) is 82.0 cm³/mol. The smallest absolute Gasteiger partial charge is 0.252 e. The number of hydrogen-bond acceptors (Lipinski definition) is 4. The largest absolute Gasteiger partial charge is 0.368 e. The van der Waals surface area contributed by atoms with Crippen molar-refractivity contribution in [3.8, 4) is 0 Å². The normalized spacial score (nSPS) is 31.8. The van der Waals surface area contributed by atoms with Gasteiger partial charge in [-0.15, -0.1) is 0 Å². The van der Waals surface area contributed by atoms with Crippen LogP contribution in [0.25, 0.3) is 0 Å². The molecule has 0 unspecified atom stereocenters. The number of aromatic nitrogens is 1. The van der Waals surface area contributed by atoms with Crippen molar-refractivity contribution >= 4 is 5.91 Å². The van der Waals surface area contributed by atoms with Gasteiger partial charge in [-0.3, -0.25) is 14.7 Å². The van der Waals surface area contributed by atoms with E-state index in [1.807, 2.05) is 24.2 Å². The Bertz CT molecular complexity index is 546. The SMILES string of the molecule is CN1C(=O)[C@@H](OCC2CC2)[C@H]2CN(Cc3cccnc3)C[C@H]21. The van der Waals surface area contributed by atoms with Crippen LogP contribution in [0, 0.1) is 11.8 Å². The van der Waals surface area contributed by atoms with E-state index in [2.05, 4.69) is 16.0 Å². The standard InChI is InChI=1S/C17H23N3O2/c1-19-15-10-20(8-13-3-2-6-18-7-13)9-14(15)16(17(19)21)22-11-12-4-5-12/h2-3,6-7,12,14-16H,4-5,8-11H2,1H3/t14-,15+,16-/m0/s1. The highest BCUT2D eigenvalue weighted by Gasteiger charge is 2.51. The molecule has 3 atom stereocenters. The van der Waals surface area contributed by atoms with Crippen LogP contribution in [0.15, 0.2) is 24.5 Å². The zero-order chi connectivity index (χ0) is 15.1. The Morgan fingerprint density at radius 3 is 2.95 bits per heavy atom. The Morgan fingerprint density at radius 1 is 1.36 bits per heavy atom. The number of likely N-dealkylation sites (tertiary alicyclic amines) is 2. The highest BCUT2D eigenvalue weighted by Crippen LogP contribution is 2.36. The van der Waals surface area contributed by atoms with Gasteiger partial charge in [-0.1, -0.05) is 6.07 Å². The average molecular weight is 301 g/mol. The molecular formula is C17H23N3O2. The summed E-state index contributed by atoms with van der Waals surface area (Å²) in [5, 5.41) is 0. The van der Waals surface area contributed by atoms with Gasteiger partial charge in [0.1, 0.15) is 6.10 Å². The second-order valence-electron chi connectivity index (χ2n) is 6.93. The van der Waals surface area contributed by atoms with Crippen LogP contribution >= 0.6 is 0 Å². The lowest BCUT2D eigenvalue weighted by Crippen LogP contribution is -2.37. The summed E-state index contributed by atoms with van der Waals surface area (Å²) in [7, 11) is 1.92. The van der Waals surface area contributed by atoms with E-state index in [0.717, 1.165) is 26.2 Å². The van der Waals surface area contributed by atoms with Gasteiger partial charge < -0.3 is 9.64 Å². The van der Waals surface area contributed by atoms with Gasteiger partial charge in [-0.25, -0.2) is 0 Å². The predicted octanol–water partition coefficient (Wildman–Crippen LogP) is 1.15. The monoisotopic (exact) mass is 301 g/mol. The van der Waals surface area contributed by atoms with Gasteiger partial charge in [0.15, 0.2) is 0 Å². The summed E-state index contributed by atoms with van der Waals surface area (Å²) in [5.41, 5.74) is 1.23. The number of ether oxygens (including phenoxy) is 1. The van der Waals surface area contributed by atoms with Gasteiger partial charge in [0, 0.05) is 45.0 Å². The number of amides is 1. The van der Waals surface area contributed by atoms with Crippen LogP contribution in [-0.4, -0.2) is 59.6 Å². The van der Waals surface area contributed by atoms with Crippen LogP contribution in [0.4, 0.5) is 0 Å². The second kappa shape index (κ2) is 5.63. The van der Waals surface area contributed by atoms with E-state index < -0.39 is 0 Å². The molecule has 118 valence electrons. The number of carbonyl (C=O) groups is 1. The zero-order valence-electron chi connectivity index (χ0n) is 13.0. The van der Waals surface area contributed by atoms with E-state index in [9.17, 15) is 4.79 Å². The quantitative estimate of drug-likeness (QED) is 0.818. The van der Waals surface area contributed by atoms with Crippen LogP contribution in [0.2, 0.25) is 0 Å². The maximum Gasteiger partial charge on any atom is 0.252 e. The first kappa shape index (κ1) is 14.2. The summed E-state index contributed by atoms with van der Waals surface area (Å²) in [6, 6.07) is 4.38. The van der Waals surface area contributed by atoms with Crippen molar-refractivity contribution in [2.75, 3.05) is 26.7 Å². The molecule has 1 aliphatic carbocycles. The lowest BCUT2D eigenvalue weighted by Gasteiger charge is -2.22. The fourth-order valence-corrected chi connectivity index (χ4v) is 3.75. The molecule has 5 heteroatoms. The van der Waals surface area contributed by atoms with Crippen molar-refractivity contribution in [2.24, 2.45) is 11.8 Å². The first-order valence-corrected chi connectivity index (χ1v) is 8.22. The molecular weight excluding hydrogens is 278 g/mol. The summed E-state index contributed by atoms with van der Waals surface area (Å²) >= 11 is 0. The molecule has 2 saturated heterocycles. The lowest BCUT2D eigenvalue weighted by molar-refractivity contribution is -0.138. The van der Waals surface area contributed by atoms with E-state index in [4.69, 9.17) is 4.74 Å². The molecule has 1 aromatic heterocycles. The molecule has 0 N–H and O–H groups in total. The molecule has 3 fully saturated rings. The summed E-state index contributed by atoms with van der Waals surface area (Å²) in [4.78, 5) is 20.9. The number of fused-ring (bicyclic) bond motifs is 1. The highest BCUT2D eigenvalue weighted by molar-refractivity contribution is 5.84. The van der Waals surface area contributed by atoms with Crippen molar-refractivity contribution in [1.29, 1.82) is 0 Å². The molecule has 0 bridgehead atoms. The van der Waals surface area contributed by atoms with Crippen molar-refractivity contribution in [3.63, 3.8) is 0 Å². The van der Waals surface area contributed by atoms with Crippen molar-refractivity contribution in [3.05, 3.63) is 30.1 Å².